The van der Waals surface area contributed by atoms with Gasteiger partial charge in [-0.25, -0.2) is 32.5 Å². The average Bonchev–Trinajstić information content (AvgIpc) is 3.78. The number of halogens is 7. The van der Waals surface area contributed by atoms with Crippen molar-refractivity contribution in [1.29, 1.82) is 0 Å². The fourth-order valence-electron chi connectivity index (χ4n) is 3.25. The van der Waals surface area contributed by atoms with Crippen LogP contribution in [0.2, 0.25) is 15.5 Å². The molecule has 0 bridgehead atoms. The second kappa shape index (κ2) is 18.4. The summed E-state index contributed by atoms with van der Waals surface area (Å²) in [5, 5.41) is 21.5. The number of nitro benzene ring substituents is 2. The first-order valence-corrected chi connectivity index (χ1v) is 13.5. The predicted octanol–water partition coefficient (Wildman–Crippen LogP) is 7.75. The zero-order valence-electron chi connectivity index (χ0n) is 23.5. The molecule has 3 aromatic heterocycles. The number of nitrogens with two attached hydrogens (primary N) is 1. The van der Waals surface area contributed by atoms with Gasteiger partial charge in [0.25, 0.3) is 11.4 Å². The van der Waals surface area contributed by atoms with Crippen LogP contribution in [0.15, 0.2) is 92.2 Å². The van der Waals surface area contributed by atoms with Crippen LogP contribution in [0.4, 0.5) is 34.6 Å². The van der Waals surface area contributed by atoms with Crippen molar-refractivity contribution in [3.8, 4) is 11.4 Å². The molecule has 6 rings (SSSR count). The van der Waals surface area contributed by atoms with Gasteiger partial charge in [0.15, 0.2) is 17.5 Å². The van der Waals surface area contributed by atoms with E-state index in [2.05, 4.69) is 19.9 Å². The average molecular weight is 771 g/mol. The topological polar surface area (TPSA) is 177 Å². The Balaban J connectivity index is 0.000000231. The second-order valence-electron chi connectivity index (χ2n) is 8.57. The molecule has 0 aliphatic carbocycles. The maximum Gasteiger partial charge on any atom is 0.272 e. The molecule has 3 heterocycles. The van der Waals surface area contributed by atoms with Gasteiger partial charge < -0.3 is 19.9 Å². The minimum absolute atomic E-state index is 0. The SMILES string of the molecule is Clc1cnc[nH]1.Nc1ccc(-n2cnc(Cl)c2)c(F)c1.O=[N+]([O-])c1ccc(-n2cnc(Cl)c2)c(F)c1.O=[N+]([O-])c1ccc(F)c(F)c1.[Fe]. The largest absolute Gasteiger partial charge is 0.399 e. The summed E-state index contributed by atoms with van der Waals surface area (Å²) in [6.07, 6.45) is 8.77. The van der Waals surface area contributed by atoms with E-state index in [-0.39, 0.29) is 33.6 Å². The van der Waals surface area contributed by atoms with Crippen molar-refractivity contribution < 1.29 is 44.5 Å². The Bertz CT molecular complexity index is 1980. The number of hydrogen-bond donors (Lipinski definition) is 2. The number of hydrogen-bond acceptors (Lipinski definition) is 8. The molecule has 0 saturated heterocycles. The van der Waals surface area contributed by atoms with Gasteiger partial charge in [-0.15, -0.1) is 0 Å². The van der Waals surface area contributed by atoms with Crippen LogP contribution < -0.4 is 5.73 Å². The third kappa shape index (κ3) is 11.7. The fourth-order valence-corrected chi connectivity index (χ4v) is 3.65. The number of aromatic amines is 1. The van der Waals surface area contributed by atoms with Gasteiger partial charge in [0, 0.05) is 47.3 Å². The molecular weight excluding hydrogens is 753 g/mol. The smallest absolute Gasteiger partial charge is 0.272 e. The summed E-state index contributed by atoms with van der Waals surface area (Å²) >= 11 is 16.5. The number of nitrogens with one attached hydrogen (secondary N) is 1. The van der Waals surface area contributed by atoms with Crippen molar-refractivity contribution in [2.45, 2.75) is 0 Å². The second-order valence-corrected chi connectivity index (χ2v) is 9.75. The monoisotopic (exact) mass is 769 g/mol. The Morgan fingerprint density at radius 3 is 1.54 bits per heavy atom. The van der Waals surface area contributed by atoms with E-state index in [9.17, 15) is 37.8 Å². The van der Waals surface area contributed by atoms with Crippen molar-refractivity contribution >= 4 is 51.9 Å². The van der Waals surface area contributed by atoms with E-state index in [1.165, 1.54) is 58.7 Å². The molecule has 48 heavy (non-hydrogen) atoms. The minimum atomic E-state index is -1.21. The maximum atomic E-state index is 13.5. The van der Waals surface area contributed by atoms with Gasteiger partial charge in [0.1, 0.15) is 33.9 Å². The first-order chi connectivity index (χ1) is 22.2. The summed E-state index contributed by atoms with van der Waals surface area (Å²) in [6.45, 7) is 0. The van der Waals surface area contributed by atoms with E-state index in [0.717, 1.165) is 12.1 Å². The number of anilines is 1. The van der Waals surface area contributed by atoms with Crippen LogP contribution in [-0.4, -0.2) is 38.9 Å². The number of aromatic nitrogens is 6. The molecule has 0 aliphatic rings. The molecule has 3 aromatic carbocycles. The van der Waals surface area contributed by atoms with Crippen molar-refractivity contribution in [2.24, 2.45) is 0 Å². The third-order valence-electron chi connectivity index (χ3n) is 5.35. The van der Waals surface area contributed by atoms with E-state index in [1.54, 1.807) is 18.3 Å². The fraction of sp³-hybridized carbons (Fsp3) is 0. The van der Waals surface area contributed by atoms with Gasteiger partial charge in [-0.1, -0.05) is 34.8 Å². The van der Waals surface area contributed by atoms with Gasteiger partial charge in [-0.2, -0.15) is 0 Å². The molecule has 0 spiro atoms. The molecule has 21 heteroatoms. The number of imidazole rings is 3. The number of nitrogen functional groups attached to an aromatic ring is 1. The molecule has 252 valence electrons. The third-order valence-corrected chi connectivity index (χ3v) is 5.95. The van der Waals surface area contributed by atoms with Crippen LogP contribution in [0.1, 0.15) is 0 Å². The molecule has 3 N–H and O–H groups in total. The number of non-ortho nitro benzene ring substituents is 2. The van der Waals surface area contributed by atoms with Crippen molar-refractivity contribution in [3.05, 3.63) is 151 Å². The zero-order valence-corrected chi connectivity index (χ0v) is 26.9. The molecular formula is C27H18Cl3F4FeN9O4. The standard InChI is InChI=1S/C9H5ClFN3O2.C9H7ClFN3.C6H3F2NO2.C3H3ClN2.Fe/c10-9-4-13(5-12-9)8-2-1-6(14(15)16)3-7(8)11;10-9-4-14(5-13-9)8-2-1-6(12)3-7(8)11;7-5-2-1-4(9(10)11)3-6(5)8;4-3-1-5-2-6-3;/h1-5H;1-5H,12H2;1-3H;1-2H,(H,5,6);. The normalized spacial score (nSPS) is 9.81. The molecule has 0 aliphatic heterocycles. The van der Waals surface area contributed by atoms with E-state index < -0.39 is 38.8 Å². The summed E-state index contributed by atoms with van der Waals surface area (Å²) in [4.78, 5) is 32.7. The summed E-state index contributed by atoms with van der Waals surface area (Å²) in [5.74, 6) is -3.41. The van der Waals surface area contributed by atoms with Gasteiger partial charge in [-0.3, -0.25) is 20.2 Å². The molecule has 0 fully saturated rings. The van der Waals surface area contributed by atoms with E-state index in [4.69, 9.17) is 40.5 Å². The zero-order chi connectivity index (χ0) is 34.7. The summed E-state index contributed by atoms with van der Waals surface area (Å²) in [5.41, 5.74) is 5.58. The first-order valence-electron chi connectivity index (χ1n) is 12.4. The van der Waals surface area contributed by atoms with Crippen LogP contribution in [0, 0.1) is 43.5 Å². The Labute approximate surface area is 292 Å². The van der Waals surface area contributed by atoms with Crippen molar-refractivity contribution in [1.82, 2.24) is 29.1 Å². The molecule has 0 atom stereocenters. The minimum Gasteiger partial charge on any atom is -0.399 e. The number of rotatable bonds is 4. The van der Waals surface area contributed by atoms with E-state index in [1.807, 2.05) is 0 Å². The summed E-state index contributed by atoms with van der Waals surface area (Å²) in [6, 6.07) is 9.96. The molecule has 6 aromatic rings. The van der Waals surface area contributed by atoms with Crippen LogP contribution in [0.25, 0.3) is 11.4 Å². The summed E-state index contributed by atoms with van der Waals surface area (Å²) in [7, 11) is 0. The van der Waals surface area contributed by atoms with Crippen LogP contribution in [-0.2, 0) is 17.1 Å². The Morgan fingerprint density at radius 1 is 0.708 bits per heavy atom. The van der Waals surface area contributed by atoms with Gasteiger partial charge >= 0.3 is 0 Å². The number of benzene rings is 3. The first kappa shape index (κ1) is 39.2. The van der Waals surface area contributed by atoms with Gasteiger partial charge in [0.05, 0.1) is 45.9 Å². The molecule has 0 saturated carbocycles. The molecule has 0 amide bonds. The number of nitrogens with zero attached hydrogens (tertiary/aromatic N) is 7. The van der Waals surface area contributed by atoms with E-state index in [0.29, 0.717) is 33.8 Å². The summed E-state index contributed by atoms with van der Waals surface area (Å²) < 4.78 is 54.2. The maximum absolute atomic E-state index is 13.5. The van der Waals surface area contributed by atoms with Gasteiger partial charge in [0.2, 0.25) is 0 Å². The van der Waals surface area contributed by atoms with Crippen LogP contribution >= 0.6 is 34.8 Å². The molecule has 0 unspecified atom stereocenters. The number of nitro groups is 2. The Morgan fingerprint density at radius 2 is 1.19 bits per heavy atom. The molecule has 0 radical (unpaired) electrons. The number of H-pyrrole nitrogens is 1. The quantitative estimate of drug-likeness (QED) is 0.0601. The predicted molar refractivity (Wildman–Crippen MR) is 165 cm³/mol. The van der Waals surface area contributed by atoms with Crippen LogP contribution in [0.5, 0.6) is 0 Å². The molecule has 13 nitrogen and oxygen atoms in total. The van der Waals surface area contributed by atoms with Crippen molar-refractivity contribution in [2.75, 3.05) is 5.73 Å². The van der Waals surface area contributed by atoms with E-state index >= 15 is 0 Å². The van der Waals surface area contributed by atoms with Crippen LogP contribution in [0.3, 0.4) is 0 Å². The Kier molecular flexibility index (Phi) is 15.0. The van der Waals surface area contributed by atoms with Gasteiger partial charge in [-0.05, 0) is 30.3 Å². The van der Waals surface area contributed by atoms with Crippen molar-refractivity contribution in [3.63, 3.8) is 0 Å². The Hall–Kier alpha value is -5.00.